The number of carbonyl (C=O) groups excluding carboxylic acids is 1. The predicted octanol–water partition coefficient (Wildman–Crippen LogP) is 2.31. The molecule has 0 atom stereocenters. The van der Waals surface area contributed by atoms with Crippen molar-refractivity contribution in [3.8, 4) is 0 Å². The summed E-state index contributed by atoms with van der Waals surface area (Å²) in [4.78, 5) is 16.3. The van der Waals surface area contributed by atoms with Gasteiger partial charge < -0.3 is 5.32 Å². The number of aromatic nitrogens is 1. The van der Waals surface area contributed by atoms with Crippen LogP contribution < -0.4 is 5.32 Å². The molecule has 1 rings (SSSR count). The molecule has 0 saturated heterocycles. The van der Waals surface area contributed by atoms with Gasteiger partial charge in [0.05, 0.1) is 27.6 Å². The lowest BCUT2D eigenvalue weighted by atomic mass is 9.98. The second-order valence-electron chi connectivity index (χ2n) is 7.35. The highest BCUT2D eigenvalue weighted by molar-refractivity contribution is 7.92. The molecule has 0 spiro atoms. The van der Waals surface area contributed by atoms with Crippen LogP contribution in [0.3, 0.4) is 0 Å². The third-order valence-electron chi connectivity index (χ3n) is 3.16. The van der Waals surface area contributed by atoms with Gasteiger partial charge in [-0.1, -0.05) is 20.8 Å². The third-order valence-corrected chi connectivity index (χ3v) is 7.09. The van der Waals surface area contributed by atoms with Crippen LogP contribution in [0.5, 0.6) is 0 Å². The number of amides is 1. The van der Waals surface area contributed by atoms with Crippen molar-refractivity contribution in [1.29, 1.82) is 0 Å². The molecule has 0 aliphatic rings. The molecule has 0 bridgehead atoms. The highest BCUT2D eigenvalue weighted by Crippen LogP contribution is 2.25. The maximum atomic E-state index is 11.9. The van der Waals surface area contributed by atoms with Gasteiger partial charge >= 0.3 is 0 Å². The Bertz CT molecular complexity index is 620. The van der Waals surface area contributed by atoms with Crippen LogP contribution in [0.25, 0.3) is 0 Å². The molecule has 0 aliphatic heterocycles. The Morgan fingerprint density at radius 3 is 2.27 bits per heavy atom. The van der Waals surface area contributed by atoms with Gasteiger partial charge in [0, 0.05) is 17.3 Å². The number of sulfone groups is 1. The molecule has 0 radical (unpaired) electrons. The second kappa shape index (κ2) is 6.66. The van der Waals surface area contributed by atoms with Crippen molar-refractivity contribution >= 4 is 27.1 Å². The lowest BCUT2D eigenvalue weighted by molar-refractivity contribution is -0.120. The van der Waals surface area contributed by atoms with Crippen LogP contribution in [-0.4, -0.2) is 36.4 Å². The van der Waals surface area contributed by atoms with Crippen LogP contribution in [0, 0.1) is 0 Å². The van der Waals surface area contributed by atoms with E-state index < -0.39 is 14.6 Å². The van der Waals surface area contributed by atoms with E-state index in [1.54, 1.807) is 32.1 Å². The molecule has 0 unspecified atom stereocenters. The quantitative estimate of drug-likeness (QED) is 0.887. The van der Waals surface area contributed by atoms with Gasteiger partial charge in [-0.05, 0) is 20.8 Å². The third kappa shape index (κ3) is 5.35. The monoisotopic (exact) mass is 346 g/mol. The summed E-state index contributed by atoms with van der Waals surface area (Å²) in [7, 11) is -3.21. The Labute approximate surface area is 137 Å². The van der Waals surface area contributed by atoms with Crippen molar-refractivity contribution < 1.29 is 13.2 Å². The number of nitrogens with one attached hydrogen (secondary N) is 1. The summed E-state index contributed by atoms with van der Waals surface area (Å²) in [5, 5.41) is 5.53. The summed E-state index contributed by atoms with van der Waals surface area (Å²) in [5.74, 6) is -0.248. The van der Waals surface area contributed by atoms with E-state index in [0.29, 0.717) is 0 Å². The summed E-state index contributed by atoms with van der Waals surface area (Å²) in [5.41, 5.74) is 0.700. The minimum atomic E-state index is -3.21. The summed E-state index contributed by atoms with van der Waals surface area (Å²) < 4.78 is 23.1. The van der Waals surface area contributed by atoms with E-state index >= 15 is 0 Å². The van der Waals surface area contributed by atoms with Gasteiger partial charge in [-0.3, -0.25) is 4.79 Å². The minimum absolute atomic E-state index is 0.0276. The maximum absolute atomic E-state index is 11.9. The predicted molar refractivity (Wildman–Crippen MR) is 91.1 cm³/mol. The van der Waals surface area contributed by atoms with Gasteiger partial charge in [0.2, 0.25) is 5.91 Å². The van der Waals surface area contributed by atoms with Crippen molar-refractivity contribution in [1.82, 2.24) is 10.3 Å². The molecular weight excluding hydrogens is 320 g/mol. The fraction of sp³-hybridized carbons (Fsp3) is 0.733. The van der Waals surface area contributed by atoms with Crippen LogP contribution in [0.1, 0.15) is 52.2 Å². The molecule has 1 heterocycles. The van der Waals surface area contributed by atoms with E-state index in [1.807, 2.05) is 5.38 Å². The number of hydrogen-bond donors (Lipinski definition) is 1. The normalized spacial score (nSPS) is 13.2. The molecule has 1 amide bonds. The van der Waals surface area contributed by atoms with E-state index in [-0.39, 0.29) is 30.0 Å². The van der Waals surface area contributed by atoms with Gasteiger partial charge in [-0.15, -0.1) is 11.3 Å². The molecule has 5 nitrogen and oxygen atoms in total. The van der Waals surface area contributed by atoms with E-state index in [2.05, 4.69) is 31.1 Å². The Morgan fingerprint density at radius 2 is 1.82 bits per heavy atom. The number of rotatable bonds is 5. The summed E-state index contributed by atoms with van der Waals surface area (Å²) >= 11 is 1.54. The largest absolute Gasteiger partial charge is 0.355 e. The summed E-state index contributed by atoms with van der Waals surface area (Å²) in [6.45, 7) is 11.3. The highest BCUT2D eigenvalue weighted by Gasteiger charge is 2.28. The van der Waals surface area contributed by atoms with Crippen LogP contribution in [0.4, 0.5) is 0 Å². The molecule has 0 aliphatic carbocycles. The zero-order valence-corrected chi connectivity index (χ0v) is 15.8. The fourth-order valence-corrected chi connectivity index (χ4v) is 3.48. The van der Waals surface area contributed by atoms with Crippen molar-refractivity contribution in [2.75, 3.05) is 12.3 Å². The van der Waals surface area contributed by atoms with E-state index in [4.69, 9.17) is 0 Å². The molecule has 0 aromatic carbocycles. The number of carbonyl (C=O) groups is 1. The number of thiazole rings is 1. The fourth-order valence-electron chi connectivity index (χ4n) is 1.59. The van der Waals surface area contributed by atoms with Gasteiger partial charge in [0.25, 0.3) is 0 Å². The number of hydrogen-bond acceptors (Lipinski definition) is 5. The highest BCUT2D eigenvalue weighted by atomic mass is 32.2. The van der Waals surface area contributed by atoms with E-state index in [1.165, 1.54) is 0 Å². The van der Waals surface area contributed by atoms with Gasteiger partial charge in [0.15, 0.2) is 9.84 Å². The Balaban J connectivity index is 2.50. The molecule has 7 heteroatoms. The maximum Gasteiger partial charge on any atom is 0.226 e. The smallest absolute Gasteiger partial charge is 0.226 e. The minimum Gasteiger partial charge on any atom is -0.355 e. The molecule has 1 aromatic rings. The number of nitrogens with zero attached hydrogens (tertiary/aromatic N) is 1. The van der Waals surface area contributed by atoms with Crippen molar-refractivity contribution in [2.24, 2.45) is 0 Å². The van der Waals surface area contributed by atoms with Crippen LogP contribution >= 0.6 is 11.3 Å². The average molecular weight is 347 g/mol. The molecule has 0 fully saturated rings. The van der Waals surface area contributed by atoms with Gasteiger partial charge in [-0.25, -0.2) is 13.4 Å². The van der Waals surface area contributed by atoms with E-state index in [9.17, 15) is 13.2 Å². The van der Waals surface area contributed by atoms with Crippen LogP contribution in [0.2, 0.25) is 0 Å². The molecule has 22 heavy (non-hydrogen) atoms. The van der Waals surface area contributed by atoms with Gasteiger partial charge in [-0.2, -0.15) is 0 Å². The lowest BCUT2D eigenvalue weighted by Crippen LogP contribution is -2.37. The lowest BCUT2D eigenvalue weighted by Gasteiger charge is -2.19. The first-order valence-electron chi connectivity index (χ1n) is 7.27. The Kier molecular flexibility index (Phi) is 5.78. The Morgan fingerprint density at radius 1 is 1.23 bits per heavy atom. The van der Waals surface area contributed by atoms with Crippen LogP contribution in [0.15, 0.2) is 5.38 Å². The van der Waals surface area contributed by atoms with E-state index in [0.717, 1.165) is 10.7 Å². The summed E-state index contributed by atoms with van der Waals surface area (Å²) in [6.07, 6.45) is 0.183. The molecule has 0 saturated carbocycles. The summed E-state index contributed by atoms with van der Waals surface area (Å²) in [6, 6.07) is 0. The first kappa shape index (κ1) is 19.1. The first-order valence-corrected chi connectivity index (χ1v) is 9.80. The van der Waals surface area contributed by atoms with Gasteiger partial charge in [0.1, 0.15) is 0 Å². The topological polar surface area (TPSA) is 76.1 Å². The zero-order valence-electron chi connectivity index (χ0n) is 14.2. The Hall–Kier alpha value is -0.950. The molecular formula is C15H26N2O3S2. The standard InChI is InChI=1S/C15H26N2O3S2/c1-14(2,3)13-17-11(10-21-13)9-12(18)16-7-8-22(19,20)15(4,5)6/h10H,7-9H2,1-6H3,(H,16,18). The van der Waals surface area contributed by atoms with Crippen molar-refractivity contribution in [2.45, 2.75) is 58.1 Å². The second-order valence-corrected chi connectivity index (χ2v) is 11.1. The SMILES string of the molecule is CC(C)(C)c1nc(CC(=O)NCCS(=O)(=O)C(C)(C)C)cs1. The zero-order chi connectivity index (χ0) is 17.2. The molecule has 126 valence electrons. The molecule has 1 N–H and O–H groups in total. The first-order chi connectivity index (χ1) is 9.83. The average Bonchev–Trinajstić information content (AvgIpc) is 2.75. The van der Waals surface area contributed by atoms with Crippen LogP contribution in [-0.2, 0) is 26.5 Å². The molecule has 1 aromatic heterocycles. The van der Waals surface area contributed by atoms with Crippen molar-refractivity contribution in [3.63, 3.8) is 0 Å². The van der Waals surface area contributed by atoms with Crippen molar-refractivity contribution in [3.05, 3.63) is 16.1 Å².